The number of nitrogens with one attached hydrogen (secondary N) is 1. The highest BCUT2D eigenvalue weighted by Gasteiger charge is 2.15. The summed E-state index contributed by atoms with van der Waals surface area (Å²) in [4.78, 5) is 25.4. The molecule has 0 unspecified atom stereocenters. The first-order valence-electron chi connectivity index (χ1n) is 4.10. The van der Waals surface area contributed by atoms with Gasteiger partial charge in [0.25, 0.3) is 5.91 Å². The quantitative estimate of drug-likeness (QED) is 0.748. The normalized spacial score (nSPS) is 9.88. The molecule has 0 aliphatic heterocycles. The van der Waals surface area contributed by atoms with E-state index in [0.29, 0.717) is 0 Å². The Hall–Kier alpha value is -2.02. The summed E-state index contributed by atoms with van der Waals surface area (Å²) in [5.41, 5.74) is 1.11. The second-order valence-electron chi connectivity index (χ2n) is 2.71. The van der Waals surface area contributed by atoms with Gasteiger partial charge in [-0.15, -0.1) is 0 Å². The summed E-state index contributed by atoms with van der Waals surface area (Å²) in [6.07, 6.45) is 0. The van der Waals surface area contributed by atoms with Crippen molar-refractivity contribution >= 4 is 11.9 Å². The Labute approximate surface area is 88.6 Å². The van der Waals surface area contributed by atoms with Crippen LogP contribution in [0.1, 0.15) is 10.4 Å². The minimum atomic E-state index is -1.32. The first-order chi connectivity index (χ1) is 7.52. The number of hydrogen-bond acceptors (Lipinski definition) is 3. The summed E-state index contributed by atoms with van der Waals surface area (Å²) in [6, 6.07) is 3.03. The molecule has 1 aromatic carbocycles. The summed E-state index contributed by atoms with van der Waals surface area (Å²) in [5.74, 6) is -4.86. The molecule has 16 heavy (non-hydrogen) atoms. The molecule has 0 saturated heterocycles. The molecule has 1 rings (SSSR count). The fourth-order valence-electron chi connectivity index (χ4n) is 0.898. The van der Waals surface area contributed by atoms with E-state index in [9.17, 15) is 18.4 Å². The monoisotopic (exact) mass is 231 g/mol. The topological polar surface area (TPSA) is 75.6 Å². The van der Waals surface area contributed by atoms with E-state index in [4.69, 9.17) is 5.11 Å². The third-order valence-electron chi connectivity index (χ3n) is 1.56. The van der Waals surface area contributed by atoms with Gasteiger partial charge in [0.1, 0.15) is 0 Å². The number of carbonyl (C=O) groups is 2. The molecule has 1 aromatic rings. The number of halogens is 2. The molecule has 1 amide bonds. The fourth-order valence-corrected chi connectivity index (χ4v) is 0.898. The van der Waals surface area contributed by atoms with E-state index < -0.39 is 35.7 Å². The van der Waals surface area contributed by atoms with E-state index in [1.54, 1.807) is 5.48 Å². The molecule has 7 heteroatoms. The third kappa shape index (κ3) is 2.99. The summed E-state index contributed by atoms with van der Waals surface area (Å²) in [6.45, 7) is -0.775. The van der Waals surface area contributed by atoms with Crippen LogP contribution in [0.25, 0.3) is 0 Å². The van der Waals surface area contributed by atoms with E-state index in [0.717, 1.165) is 18.2 Å². The van der Waals surface area contributed by atoms with Crippen LogP contribution in [0.5, 0.6) is 0 Å². The maximum Gasteiger partial charge on any atom is 0.332 e. The lowest BCUT2D eigenvalue weighted by molar-refractivity contribution is -0.144. The van der Waals surface area contributed by atoms with Crippen LogP contribution in [-0.2, 0) is 9.63 Å². The number of carboxylic acid groups (broad SMARTS) is 1. The number of carboxylic acids is 1. The average molecular weight is 231 g/mol. The standard InChI is InChI=1S/C9H7F2NO4/c10-6-3-1-2-5(8(6)11)9(15)12-16-4-7(13)14/h1-3H,4H2,(H,12,15)(H,13,14). The van der Waals surface area contributed by atoms with Crippen LogP contribution in [0.15, 0.2) is 18.2 Å². The summed E-state index contributed by atoms with van der Waals surface area (Å²) in [7, 11) is 0. The van der Waals surface area contributed by atoms with Crippen LogP contribution < -0.4 is 5.48 Å². The minimum Gasteiger partial charge on any atom is -0.479 e. The fraction of sp³-hybridized carbons (Fsp3) is 0.111. The number of rotatable bonds is 4. The number of benzene rings is 1. The largest absolute Gasteiger partial charge is 0.479 e. The predicted octanol–water partition coefficient (Wildman–Crippen LogP) is 0.711. The summed E-state index contributed by atoms with van der Waals surface area (Å²) in [5, 5.41) is 8.19. The van der Waals surface area contributed by atoms with Gasteiger partial charge >= 0.3 is 5.97 Å². The zero-order valence-electron chi connectivity index (χ0n) is 7.87. The Kier molecular flexibility index (Phi) is 3.90. The van der Waals surface area contributed by atoms with Gasteiger partial charge in [-0.3, -0.25) is 9.63 Å². The van der Waals surface area contributed by atoms with E-state index in [1.807, 2.05) is 0 Å². The lowest BCUT2D eigenvalue weighted by atomic mass is 10.2. The number of amides is 1. The van der Waals surface area contributed by atoms with Crippen LogP contribution in [0.4, 0.5) is 8.78 Å². The van der Waals surface area contributed by atoms with E-state index >= 15 is 0 Å². The van der Waals surface area contributed by atoms with Gasteiger partial charge in [-0.1, -0.05) is 6.07 Å². The molecule has 0 aromatic heterocycles. The van der Waals surface area contributed by atoms with Gasteiger partial charge in [0.2, 0.25) is 0 Å². The lowest BCUT2D eigenvalue weighted by Crippen LogP contribution is -2.27. The number of aliphatic carboxylic acids is 1. The van der Waals surface area contributed by atoms with Crippen molar-refractivity contribution in [3.63, 3.8) is 0 Å². The molecule has 0 spiro atoms. The van der Waals surface area contributed by atoms with Crippen molar-refractivity contribution in [1.29, 1.82) is 0 Å². The Balaban J connectivity index is 2.66. The zero-order valence-corrected chi connectivity index (χ0v) is 7.87. The van der Waals surface area contributed by atoms with Gasteiger partial charge in [0.05, 0.1) is 5.56 Å². The Morgan fingerprint density at radius 2 is 2.06 bits per heavy atom. The van der Waals surface area contributed by atoms with Gasteiger partial charge in [-0.05, 0) is 12.1 Å². The van der Waals surface area contributed by atoms with Crippen LogP contribution in [-0.4, -0.2) is 23.6 Å². The number of carbonyl (C=O) groups excluding carboxylic acids is 1. The molecule has 0 aliphatic carbocycles. The van der Waals surface area contributed by atoms with Crippen molar-refractivity contribution in [3.05, 3.63) is 35.4 Å². The van der Waals surface area contributed by atoms with Crippen LogP contribution in [0.3, 0.4) is 0 Å². The molecule has 2 N–H and O–H groups in total. The molecule has 0 atom stereocenters. The first-order valence-corrected chi connectivity index (χ1v) is 4.10. The van der Waals surface area contributed by atoms with Crippen molar-refractivity contribution in [3.8, 4) is 0 Å². The van der Waals surface area contributed by atoms with Gasteiger partial charge in [-0.25, -0.2) is 19.1 Å². The van der Waals surface area contributed by atoms with Gasteiger partial charge < -0.3 is 5.11 Å². The molecule has 0 bridgehead atoms. The van der Waals surface area contributed by atoms with Crippen LogP contribution >= 0.6 is 0 Å². The molecule has 5 nitrogen and oxygen atoms in total. The van der Waals surface area contributed by atoms with Crippen molar-refractivity contribution in [2.75, 3.05) is 6.61 Å². The first kappa shape index (κ1) is 12.1. The predicted molar refractivity (Wildman–Crippen MR) is 47.4 cm³/mol. The van der Waals surface area contributed by atoms with Crippen LogP contribution in [0.2, 0.25) is 0 Å². The van der Waals surface area contributed by atoms with Crippen LogP contribution in [0, 0.1) is 11.6 Å². The second-order valence-corrected chi connectivity index (χ2v) is 2.71. The molecule has 86 valence electrons. The van der Waals surface area contributed by atoms with Crippen molar-refractivity contribution < 1.29 is 28.3 Å². The van der Waals surface area contributed by atoms with Crippen molar-refractivity contribution in [2.45, 2.75) is 0 Å². The number of hydrogen-bond donors (Lipinski definition) is 2. The third-order valence-corrected chi connectivity index (χ3v) is 1.56. The highest BCUT2D eigenvalue weighted by atomic mass is 19.2. The minimum absolute atomic E-state index is 0.564. The van der Waals surface area contributed by atoms with E-state index in [2.05, 4.69) is 4.84 Å². The molecule has 0 radical (unpaired) electrons. The SMILES string of the molecule is O=C(O)CONC(=O)c1cccc(F)c1F. The summed E-state index contributed by atoms with van der Waals surface area (Å²) >= 11 is 0. The maximum absolute atomic E-state index is 13.0. The summed E-state index contributed by atoms with van der Waals surface area (Å²) < 4.78 is 25.7. The molecular formula is C9H7F2NO4. The lowest BCUT2D eigenvalue weighted by Gasteiger charge is -2.04. The molecule has 0 aliphatic rings. The molecule has 0 fully saturated rings. The Bertz CT molecular complexity index is 422. The molecular weight excluding hydrogens is 224 g/mol. The van der Waals surface area contributed by atoms with E-state index in [1.165, 1.54) is 0 Å². The molecule has 0 saturated carbocycles. The van der Waals surface area contributed by atoms with Gasteiger partial charge in [0, 0.05) is 0 Å². The smallest absolute Gasteiger partial charge is 0.332 e. The Morgan fingerprint density at radius 3 is 2.69 bits per heavy atom. The maximum atomic E-state index is 13.0. The van der Waals surface area contributed by atoms with Gasteiger partial charge in [0.15, 0.2) is 18.2 Å². The Morgan fingerprint density at radius 1 is 1.38 bits per heavy atom. The second kappa shape index (κ2) is 5.17. The zero-order chi connectivity index (χ0) is 12.1. The van der Waals surface area contributed by atoms with E-state index in [-0.39, 0.29) is 0 Å². The van der Waals surface area contributed by atoms with Crippen molar-refractivity contribution in [2.24, 2.45) is 0 Å². The highest BCUT2D eigenvalue weighted by molar-refractivity contribution is 5.93. The van der Waals surface area contributed by atoms with Gasteiger partial charge in [-0.2, -0.15) is 0 Å². The highest BCUT2D eigenvalue weighted by Crippen LogP contribution is 2.10. The number of hydroxylamine groups is 1. The van der Waals surface area contributed by atoms with Crippen molar-refractivity contribution in [1.82, 2.24) is 5.48 Å². The molecule has 0 heterocycles. The average Bonchev–Trinajstić information content (AvgIpc) is 2.21.